The molecule has 0 aromatic carbocycles. The highest BCUT2D eigenvalue weighted by molar-refractivity contribution is 7.87. The Hall–Kier alpha value is -0.660. The minimum Gasteiger partial charge on any atom is -0.469 e. The van der Waals surface area contributed by atoms with Crippen LogP contribution in [0, 0.1) is 5.92 Å². The zero-order valence-corrected chi connectivity index (χ0v) is 12.7. The predicted octanol–water partition coefficient (Wildman–Crippen LogP) is 0.894. The Morgan fingerprint density at radius 1 is 1.42 bits per heavy atom. The van der Waals surface area contributed by atoms with E-state index in [1.54, 1.807) is 0 Å². The van der Waals surface area contributed by atoms with E-state index < -0.39 is 16.2 Å². The van der Waals surface area contributed by atoms with Crippen molar-refractivity contribution in [3.8, 4) is 0 Å². The number of carbonyl (C=O) groups is 1. The van der Waals surface area contributed by atoms with Gasteiger partial charge in [-0.3, -0.25) is 4.79 Å². The van der Waals surface area contributed by atoms with Gasteiger partial charge in [-0.25, -0.2) is 0 Å². The summed E-state index contributed by atoms with van der Waals surface area (Å²) < 4.78 is 32.5. The molecule has 1 N–H and O–H groups in total. The third kappa shape index (κ3) is 5.08. The normalized spacial score (nSPS) is 18.7. The van der Waals surface area contributed by atoms with Gasteiger partial charge in [0.2, 0.25) is 0 Å². The number of hydrogen-bond donors (Lipinski definition) is 1. The van der Waals surface area contributed by atoms with Crippen LogP contribution in [0.3, 0.4) is 0 Å². The van der Waals surface area contributed by atoms with Gasteiger partial charge in [-0.2, -0.15) is 17.4 Å². The van der Waals surface area contributed by atoms with Crippen molar-refractivity contribution in [3.05, 3.63) is 0 Å². The van der Waals surface area contributed by atoms with Crippen LogP contribution in [0.5, 0.6) is 0 Å². The lowest BCUT2D eigenvalue weighted by atomic mass is 10.0. The molecule has 0 saturated heterocycles. The smallest absolute Gasteiger partial charge is 0.306 e. The molecule has 1 fully saturated rings. The summed E-state index contributed by atoms with van der Waals surface area (Å²) in [6.45, 7) is 2.03. The standard InChI is InChI=1S/C12H24N2O4S/c1-10(11-6-4-5-7-11)13-19(16,17)14(2)9-8-12(15)18-3/h10-11,13H,4-9H2,1-3H3. The van der Waals surface area contributed by atoms with E-state index in [4.69, 9.17) is 0 Å². The Balaban J connectivity index is 2.47. The largest absolute Gasteiger partial charge is 0.469 e. The van der Waals surface area contributed by atoms with Crippen LogP contribution in [-0.4, -0.2) is 45.4 Å². The van der Waals surface area contributed by atoms with Gasteiger partial charge in [-0.15, -0.1) is 0 Å². The van der Waals surface area contributed by atoms with Crippen LogP contribution < -0.4 is 4.72 Å². The fourth-order valence-corrected chi connectivity index (χ4v) is 3.52. The van der Waals surface area contributed by atoms with Gasteiger partial charge in [-0.05, 0) is 25.7 Å². The van der Waals surface area contributed by atoms with E-state index in [1.807, 2.05) is 6.92 Å². The molecule has 1 aliphatic carbocycles. The molecule has 0 spiro atoms. The van der Waals surface area contributed by atoms with Crippen LogP contribution in [0.15, 0.2) is 0 Å². The molecule has 0 aromatic heterocycles. The Morgan fingerprint density at radius 3 is 2.53 bits per heavy atom. The van der Waals surface area contributed by atoms with Gasteiger partial charge in [0.15, 0.2) is 0 Å². The zero-order valence-electron chi connectivity index (χ0n) is 11.9. The zero-order chi connectivity index (χ0) is 14.5. The maximum Gasteiger partial charge on any atom is 0.306 e. The summed E-state index contributed by atoms with van der Waals surface area (Å²) >= 11 is 0. The van der Waals surface area contributed by atoms with Crippen molar-refractivity contribution in [1.82, 2.24) is 9.03 Å². The van der Waals surface area contributed by atoms with E-state index in [-0.39, 0.29) is 19.0 Å². The highest BCUT2D eigenvalue weighted by Crippen LogP contribution is 2.27. The molecule has 6 nitrogen and oxygen atoms in total. The Morgan fingerprint density at radius 2 is 2.00 bits per heavy atom. The number of carbonyl (C=O) groups excluding carboxylic acids is 1. The molecule has 112 valence electrons. The number of methoxy groups -OCH3 is 1. The average molecular weight is 292 g/mol. The third-order valence-corrected chi connectivity index (χ3v) is 5.38. The van der Waals surface area contributed by atoms with Gasteiger partial charge in [0, 0.05) is 19.6 Å². The Kier molecular flexibility index (Phi) is 6.22. The fourth-order valence-electron chi connectivity index (χ4n) is 2.35. The molecule has 0 amide bonds. The quantitative estimate of drug-likeness (QED) is 0.707. The molecule has 0 bridgehead atoms. The van der Waals surface area contributed by atoms with E-state index in [1.165, 1.54) is 27.0 Å². The topological polar surface area (TPSA) is 75.7 Å². The first-order valence-corrected chi connectivity index (χ1v) is 8.11. The summed E-state index contributed by atoms with van der Waals surface area (Å²) in [6, 6.07) is -0.0620. The maximum absolute atomic E-state index is 12.1. The van der Waals surface area contributed by atoms with Crippen LogP contribution >= 0.6 is 0 Å². The number of esters is 1. The number of rotatable bonds is 7. The summed E-state index contributed by atoms with van der Waals surface area (Å²) in [5.74, 6) is 0.00896. The lowest BCUT2D eigenvalue weighted by molar-refractivity contribution is -0.140. The van der Waals surface area contributed by atoms with E-state index >= 15 is 0 Å². The molecule has 1 aliphatic rings. The number of hydrogen-bond acceptors (Lipinski definition) is 4. The van der Waals surface area contributed by atoms with Crippen molar-refractivity contribution in [2.24, 2.45) is 5.92 Å². The second kappa shape index (κ2) is 7.21. The van der Waals surface area contributed by atoms with Gasteiger partial charge in [0.1, 0.15) is 0 Å². The van der Waals surface area contributed by atoms with E-state index in [2.05, 4.69) is 9.46 Å². The van der Waals surface area contributed by atoms with Crippen LogP contribution in [-0.2, 0) is 19.7 Å². The summed E-state index contributed by atoms with van der Waals surface area (Å²) in [6.07, 6.45) is 4.57. The number of ether oxygens (including phenoxy) is 1. The molecular formula is C12H24N2O4S. The summed E-state index contributed by atoms with van der Waals surface area (Å²) in [5.41, 5.74) is 0. The molecule has 7 heteroatoms. The minimum atomic E-state index is -3.53. The molecule has 1 atom stereocenters. The molecular weight excluding hydrogens is 268 g/mol. The first-order chi connectivity index (χ1) is 8.86. The van der Waals surface area contributed by atoms with E-state index in [9.17, 15) is 13.2 Å². The first kappa shape index (κ1) is 16.4. The van der Waals surface area contributed by atoms with Gasteiger partial charge >= 0.3 is 5.97 Å². The SMILES string of the molecule is COC(=O)CCN(C)S(=O)(=O)NC(C)C1CCCC1. The lowest BCUT2D eigenvalue weighted by Gasteiger charge is -2.24. The number of nitrogens with zero attached hydrogens (tertiary/aromatic N) is 1. The van der Waals surface area contributed by atoms with Crippen molar-refractivity contribution >= 4 is 16.2 Å². The van der Waals surface area contributed by atoms with Crippen LogP contribution in [0.2, 0.25) is 0 Å². The summed E-state index contributed by atoms with van der Waals surface area (Å²) in [7, 11) is -0.771. The van der Waals surface area contributed by atoms with Crippen LogP contribution in [0.4, 0.5) is 0 Å². The molecule has 0 aromatic rings. The number of nitrogens with one attached hydrogen (secondary N) is 1. The third-order valence-electron chi connectivity index (χ3n) is 3.71. The van der Waals surface area contributed by atoms with Crippen molar-refractivity contribution in [2.45, 2.75) is 45.1 Å². The Bertz CT molecular complexity index is 391. The molecule has 1 rings (SSSR count). The molecule has 1 unspecified atom stereocenters. The molecule has 19 heavy (non-hydrogen) atoms. The molecule has 0 aliphatic heterocycles. The van der Waals surface area contributed by atoms with Crippen molar-refractivity contribution in [1.29, 1.82) is 0 Å². The summed E-state index contributed by atoms with van der Waals surface area (Å²) in [5, 5.41) is 0. The van der Waals surface area contributed by atoms with Crippen LogP contribution in [0.25, 0.3) is 0 Å². The van der Waals surface area contributed by atoms with Gasteiger partial charge in [0.05, 0.1) is 13.5 Å². The monoisotopic (exact) mass is 292 g/mol. The fraction of sp³-hybridized carbons (Fsp3) is 0.917. The minimum absolute atomic E-state index is 0.0612. The molecule has 0 heterocycles. The second-order valence-electron chi connectivity index (χ2n) is 5.10. The van der Waals surface area contributed by atoms with Gasteiger partial charge < -0.3 is 4.74 Å². The van der Waals surface area contributed by atoms with Gasteiger partial charge in [-0.1, -0.05) is 12.8 Å². The lowest BCUT2D eigenvalue weighted by Crippen LogP contribution is -2.45. The van der Waals surface area contributed by atoms with E-state index in [0.717, 1.165) is 17.1 Å². The second-order valence-corrected chi connectivity index (χ2v) is 6.91. The van der Waals surface area contributed by atoms with E-state index in [0.29, 0.717) is 5.92 Å². The highest BCUT2D eigenvalue weighted by Gasteiger charge is 2.27. The first-order valence-electron chi connectivity index (χ1n) is 6.67. The van der Waals surface area contributed by atoms with Crippen LogP contribution in [0.1, 0.15) is 39.0 Å². The molecule has 1 saturated carbocycles. The van der Waals surface area contributed by atoms with Crippen molar-refractivity contribution in [3.63, 3.8) is 0 Å². The van der Waals surface area contributed by atoms with Crippen molar-refractivity contribution in [2.75, 3.05) is 20.7 Å². The van der Waals surface area contributed by atoms with Gasteiger partial charge in [0.25, 0.3) is 10.2 Å². The highest BCUT2D eigenvalue weighted by atomic mass is 32.2. The maximum atomic E-state index is 12.1. The average Bonchev–Trinajstić information content (AvgIpc) is 2.88. The summed E-state index contributed by atoms with van der Waals surface area (Å²) in [4.78, 5) is 11.0. The molecule has 0 radical (unpaired) electrons. The van der Waals surface area contributed by atoms with Crippen molar-refractivity contribution < 1.29 is 17.9 Å². The Labute approximate surface area is 115 Å². The predicted molar refractivity (Wildman–Crippen MR) is 72.7 cm³/mol.